The highest BCUT2D eigenvalue weighted by Crippen LogP contribution is 2.25. The molecule has 0 aromatic heterocycles. The summed E-state index contributed by atoms with van der Waals surface area (Å²) < 4.78 is 18.7. The highest BCUT2D eigenvalue weighted by atomic mass is 16.5. The normalized spacial score (nSPS) is 22.9. The second kappa shape index (κ2) is 17.3. The lowest BCUT2D eigenvalue weighted by molar-refractivity contribution is 0.00141. The van der Waals surface area contributed by atoms with Crippen molar-refractivity contribution in [2.75, 3.05) is 19.8 Å². The van der Waals surface area contributed by atoms with Gasteiger partial charge in [-0.05, 0) is 70.1 Å². The summed E-state index contributed by atoms with van der Waals surface area (Å²) in [7, 11) is 0. The van der Waals surface area contributed by atoms with Crippen LogP contribution >= 0.6 is 0 Å². The van der Waals surface area contributed by atoms with Crippen LogP contribution in [0.3, 0.4) is 0 Å². The lowest BCUT2D eigenvalue weighted by Crippen LogP contribution is -2.21. The Morgan fingerprint density at radius 3 is 1.34 bits per heavy atom. The standard InChI is InChI=1S/C29H54O3/c1-6-17-27(18-7-1)30-23-13-4-5-15-26(25-32-29-21-10-3-11-22-29)16-12-14-24-31-28-19-8-2-9-20-28/h26-29H,1-25H2. The van der Waals surface area contributed by atoms with Crippen molar-refractivity contribution in [3.05, 3.63) is 0 Å². The first kappa shape index (κ1) is 26.5. The van der Waals surface area contributed by atoms with Crippen molar-refractivity contribution >= 4 is 0 Å². The zero-order chi connectivity index (χ0) is 22.1. The highest BCUT2D eigenvalue weighted by Gasteiger charge is 2.18. The van der Waals surface area contributed by atoms with Gasteiger partial charge in [-0.15, -0.1) is 0 Å². The molecule has 0 aliphatic heterocycles. The van der Waals surface area contributed by atoms with Gasteiger partial charge in [0.1, 0.15) is 0 Å². The zero-order valence-corrected chi connectivity index (χ0v) is 21.2. The summed E-state index contributed by atoms with van der Waals surface area (Å²) in [6.45, 7) is 2.94. The van der Waals surface area contributed by atoms with E-state index in [0.29, 0.717) is 18.3 Å². The lowest BCUT2D eigenvalue weighted by atomic mass is 9.95. The fourth-order valence-corrected chi connectivity index (χ4v) is 6.03. The van der Waals surface area contributed by atoms with Crippen LogP contribution in [0.2, 0.25) is 0 Å². The number of unbranched alkanes of at least 4 members (excludes halogenated alkanes) is 3. The first-order valence-corrected chi connectivity index (χ1v) is 14.7. The second-order valence-electron chi connectivity index (χ2n) is 11.1. The van der Waals surface area contributed by atoms with Crippen molar-refractivity contribution in [2.24, 2.45) is 5.92 Å². The van der Waals surface area contributed by atoms with E-state index >= 15 is 0 Å². The van der Waals surface area contributed by atoms with Gasteiger partial charge in [0.05, 0.1) is 18.3 Å². The molecule has 188 valence electrons. The molecule has 1 unspecified atom stereocenters. The monoisotopic (exact) mass is 450 g/mol. The van der Waals surface area contributed by atoms with Gasteiger partial charge < -0.3 is 14.2 Å². The molecule has 0 N–H and O–H groups in total. The van der Waals surface area contributed by atoms with Crippen molar-refractivity contribution in [3.8, 4) is 0 Å². The Hall–Kier alpha value is -0.120. The van der Waals surface area contributed by atoms with Crippen LogP contribution in [-0.2, 0) is 14.2 Å². The molecule has 32 heavy (non-hydrogen) atoms. The van der Waals surface area contributed by atoms with E-state index in [1.807, 2.05) is 0 Å². The zero-order valence-electron chi connectivity index (χ0n) is 21.2. The molecule has 0 saturated heterocycles. The van der Waals surface area contributed by atoms with Crippen LogP contribution in [0, 0.1) is 5.92 Å². The predicted molar refractivity (Wildman–Crippen MR) is 134 cm³/mol. The van der Waals surface area contributed by atoms with E-state index in [4.69, 9.17) is 14.2 Å². The number of rotatable bonds is 16. The van der Waals surface area contributed by atoms with E-state index in [-0.39, 0.29) is 0 Å². The summed E-state index contributed by atoms with van der Waals surface area (Å²) in [6.07, 6.45) is 31.0. The van der Waals surface area contributed by atoms with Gasteiger partial charge in [-0.1, -0.05) is 77.0 Å². The summed E-state index contributed by atoms with van der Waals surface area (Å²) >= 11 is 0. The minimum atomic E-state index is 0.546. The largest absolute Gasteiger partial charge is 0.378 e. The average molecular weight is 451 g/mol. The Kier molecular flexibility index (Phi) is 14.3. The van der Waals surface area contributed by atoms with Crippen LogP contribution in [0.4, 0.5) is 0 Å². The molecule has 3 saturated carbocycles. The number of ether oxygens (including phenoxy) is 3. The van der Waals surface area contributed by atoms with E-state index in [1.165, 1.54) is 141 Å². The Balaban J connectivity index is 1.24. The molecule has 0 aromatic rings. The topological polar surface area (TPSA) is 27.7 Å². The molecule has 3 heteroatoms. The van der Waals surface area contributed by atoms with Crippen LogP contribution in [0.5, 0.6) is 0 Å². The Bertz CT molecular complexity index is 422. The predicted octanol–water partition coefficient (Wildman–Crippen LogP) is 8.38. The molecule has 3 rings (SSSR count). The van der Waals surface area contributed by atoms with Gasteiger partial charge >= 0.3 is 0 Å². The second-order valence-corrected chi connectivity index (χ2v) is 11.1. The molecule has 3 aliphatic carbocycles. The van der Waals surface area contributed by atoms with Gasteiger partial charge in [0.15, 0.2) is 0 Å². The maximum Gasteiger partial charge on any atom is 0.0575 e. The highest BCUT2D eigenvalue weighted by molar-refractivity contribution is 4.69. The van der Waals surface area contributed by atoms with Crippen LogP contribution in [0.15, 0.2) is 0 Å². The van der Waals surface area contributed by atoms with Gasteiger partial charge in [-0.25, -0.2) is 0 Å². The average Bonchev–Trinajstić information content (AvgIpc) is 2.86. The molecule has 3 nitrogen and oxygen atoms in total. The summed E-state index contributed by atoms with van der Waals surface area (Å²) in [5.74, 6) is 0.742. The molecule has 0 heterocycles. The molecule has 3 aliphatic rings. The van der Waals surface area contributed by atoms with Crippen molar-refractivity contribution in [1.82, 2.24) is 0 Å². The quantitative estimate of drug-likeness (QED) is 0.221. The van der Waals surface area contributed by atoms with Crippen molar-refractivity contribution in [2.45, 2.75) is 160 Å². The fourth-order valence-electron chi connectivity index (χ4n) is 6.03. The molecule has 3 fully saturated rings. The van der Waals surface area contributed by atoms with Gasteiger partial charge in [-0.3, -0.25) is 0 Å². The molecule has 0 radical (unpaired) electrons. The molecule has 0 bridgehead atoms. The van der Waals surface area contributed by atoms with Gasteiger partial charge in [0.2, 0.25) is 0 Å². The molecule has 1 atom stereocenters. The van der Waals surface area contributed by atoms with Gasteiger partial charge in [-0.2, -0.15) is 0 Å². The Labute approximate surface area is 199 Å². The van der Waals surface area contributed by atoms with Crippen molar-refractivity contribution in [3.63, 3.8) is 0 Å². The fraction of sp³-hybridized carbons (Fsp3) is 1.00. The SMILES string of the molecule is C(CCOC1CCCCC1)CCC(CCCCOC1CCCCC1)COC1CCCCC1. The van der Waals surface area contributed by atoms with E-state index < -0.39 is 0 Å². The third-order valence-electron chi connectivity index (χ3n) is 8.19. The van der Waals surface area contributed by atoms with Gasteiger partial charge in [0.25, 0.3) is 0 Å². The summed E-state index contributed by atoms with van der Waals surface area (Å²) in [4.78, 5) is 0. The number of hydrogen-bond acceptors (Lipinski definition) is 3. The summed E-state index contributed by atoms with van der Waals surface area (Å²) in [5, 5.41) is 0. The van der Waals surface area contributed by atoms with Crippen LogP contribution in [0.1, 0.15) is 141 Å². The molecule has 0 aromatic carbocycles. The van der Waals surface area contributed by atoms with E-state index in [2.05, 4.69) is 0 Å². The Morgan fingerprint density at radius 1 is 0.438 bits per heavy atom. The smallest absolute Gasteiger partial charge is 0.0575 e. The van der Waals surface area contributed by atoms with E-state index in [1.54, 1.807) is 0 Å². The van der Waals surface area contributed by atoms with Crippen LogP contribution in [-0.4, -0.2) is 38.1 Å². The van der Waals surface area contributed by atoms with Crippen LogP contribution in [0.25, 0.3) is 0 Å². The lowest BCUT2D eigenvalue weighted by Gasteiger charge is -2.25. The first-order valence-electron chi connectivity index (χ1n) is 14.7. The first-order chi connectivity index (χ1) is 15.9. The maximum atomic E-state index is 6.40. The number of hydrogen-bond donors (Lipinski definition) is 0. The Morgan fingerprint density at radius 2 is 0.844 bits per heavy atom. The van der Waals surface area contributed by atoms with E-state index in [0.717, 1.165) is 25.7 Å². The van der Waals surface area contributed by atoms with E-state index in [9.17, 15) is 0 Å². The maximum absolute atomic E-state index is 6.40. The van der Waals surface area contributed by atoms with Crippen molar-refractivity contribution < 1.29 is 14.2 Å². The minimum Gasteiger partial charge on any atom is -0.378 e. The van der Waals surface area contributed by atoms with Gasteiger partial charge in [0, 0.05) is 19.8 Å². The third-order valence-corrected chi connectivity index (χ3v) is 8.19. The molecule has 0 amide bonds. The molecular weight excluding hydrogens is 396 g/mol. The summed E-state index contributed by atoms with van der Waals surface area (Å²) in [6, 6.07) is 0. The molecular formula is C29H54O3. The van der Waals surface area contributed by atoms with Crippen LogP contribution < -0.4 is 0 Å². The minimum absolute atomic E-state index is 0.546. The molecule has 0 spiro atoms. The van der Waals surface area contributed by atoms with Crippen molar-refractivity contribution in [1.29, 1.82) is 0 Å². The third kappa shape index (κ3) is 11.8. The summed E-state index contributed by atoms with van der Waals surface area (Å²) in [5.41, 5.74) is 0.